The number of rotatable bonds is 10. The van der Waals surface area contributed by atoms with Crippen LogP contribution in [0.15, 0.2) is 109 Å². The zero-order chi connectivity index (χ0) is 36.3. The number of nitrogens with one attached hydrogen (secondary N) is 2. The maximum absolute atomic E-state index is 14.9. The van der Waals surface area contributed by atoms with Gasteiger partial charge in [-0.25, -0.2) is 9.78 Å². The first-order valence-electron chi connectivity index (χ1n) is 16.9. The summed E-state index contributed by atoms with van der Waals surface area (Å²) in [7, 11) is 1.28. The average Bonchev–Trinajstić information content (AvgIpc) is 3.73. The lowest BCUT2D eigenvalue weighted by Gasteiger charge is -2.36. The predicted molar refractivity (Wildman–Crippen MR) is 205 cm³/mol. The number of carbonyl (C=O) groups is 3. The second kappa shape index (κ2) is 15.1. The summed E-state index contributed by atoms with van der Waals surface area (Å²) < 4.78 is 12.2. The molecular weight excluding hydrogens is 755 g/mol. The highest BCUT2D eigenvalue weighted by molar-refractivity contribution is 14.1. The van der Waals surface area contributed by atoms with E-state index < -0.39 is 48.1 Å². The van der Waals surface area contributed by atoms with Gasteiger partial charge in [0, 0.05) is 9.49 Å². The van der Waals surface area contributed by atoms with Crippen LogP contribution in [0.2, 0.25) is 0 Å². The Bertz CT molecular complexity index is 1980. The molecule has 1 aliphatic rings. The smallest absolute Gasteiger partial charge is 0.410 e. The van der Waals surface area contributed by atoms with Gasteiger partial charge in [-0.1, -0.05) is 97.9 Å². The first kappa shape index (κ1) is 35.8. The Balaban J connectivity index is 1.44. The number of halogens is 1. The molecular formula is C41H41IN4O5. The van der Waals surface area contributed by atoms with Crippen LogP contribution < -0.4 is 5.32 Å². The third kappa shape index (κ3) is 7.85. The molecule has 0 radical (unpaired) electrons. The van der Waals surface area contributed by atoms with Crippen molar-refractivity contribution in [3.63, 3.8) is 0 Å². The summed E-state index contributed by atoms with van der Waals surface area (Å²) >= 11 is 2.26. The van der Waals surface area contributed by atoms with Crippen molar-refractivity contribution in [1.29, 1.82) is 0 Å². The van der Waals surface area contributed by atoms with Crippen LogP contribution in [-0.4, -0.2) is 51.6 Å². The van der Waals surface area contributed by atoms with Gasteiger partial charge in [0.2, 0.25) is 5.91 Å². The first-order chi connectivity index (χ1) is 24.4. The summed E-state index contributed by atoms with van der Waals surface area (Å²) in [5.41, 5.74) is 5.44. The number of imidazole rings is 1. The molecule has 9 nitrogen and oxygen atoms in total. The molecule has 0 saturated carbocycles. The number of amides is 2. The van der Waals surface area contributed by atoms with Crippen molar-refractivity contribution >= 4 is 40.6 Å². The monoisotopic (exact) mass is 796 g/mol. The lowest BCUT2D eigenvalue weighted by molar-refractivity contribution is -0.157. The molecule has 2 amide bonds. The van der Waals surface area contributed by atoms with Crippen LogP contribution in [0.4, 0.5) is 4.79 Å². The maximum atomic E-state index is 14.9. The summed E-state index contributed by atoms with van der Waals surface area (Å²) in [5.74, 6) is -0.895. The van der Waals surface area contributed by atoms with Gasteiger partial charge >= 0.3 is 12.1 Å². The lowest BCUT2D eigenvalue weighted by Crippen LogP contribution is -2.53. The van der Waals surface area contributed by atoms with Crippen molar-refractivity contribution in [3.8, 4) is 22.4 Å². The molecule has 262 valence electrons. The van der Waals surface area contributed by atoms with Gasteiger partial charge < -0.3 is 19.8 Å². The van der Waals surface area contributed by atoms with E-state index in [2.05, 4.69) is 32.9 Å². The topological polar surface area (TPSA) is 114 Å². The van der Waals surface area contributed by atoms with Crippen molar-refractivity contribution < 1.29 is 23.9 Å². The molecule has 1 aromatic heterocycles. The largest absolute Gasteiger partial charge is 0.460 e. The van der Waals surface area contributed by atoms with Crippen molar-refractivity contribution in [1.82, 2.24) is 20.2 Å². The van der Waals surface area contributed by atoms with Gasteiger partial charge in [-0.3, -0.25) is 14.5 Å². The van der Waals surface area contributed by atoms with Gasteiger partial charge in [0.15, 0.2) is 0 Å². The van der Waals surface area contributed by atoms with E-state index in [1.165, 1.54) is 12.0 Å². The molecule has 0 spiro atoms. The quantitative estimate of drug-likeness (QED) is 0.108. The van der Waals surface area contributed by atoms with Gasteiger partial charge in [0.1, 0.15) is 17.5 Å². The van der Waals surface area contributed by atoms with Crippen LogP contribution in [0, 0.1) is 3.57 Å². The van der Waals surface area contributed by atoms with Crippen LogP contribution >= 0.6 is 22.6 Å². The minimum atomic E-state index is -1.31. The third-order valence-electron chi connectivity index (χ3n) is 9.05. The summed E-state index contributed by atoms with van der Waals surface area (Å²) in [6.45, 7) is 7.31. The van der Waals surface area contributed by atoms with Crippen molar-refractivity contribution in [2.45, 2.75) is 63.8 Å². The summed E-state index contributed by atoms with van der Waals surface area (Å²) in [5, 5.41) is 3.21. The van der Waals surface area contributed by atoms with E-state index in [1.807, 2.05) is 110 Å². The molecule has 0 aliphatic heterocycles. The standard InChI is InChI=1S/C41H41IN4O5/c1-25(26-13-7-6-8-14-26)36(38-43-24-33(44-38)27-19-21-28(42)22-20-27)45-39(48)34(23-35(47)51-41(2,3)4)46(40(49)50-5)37-31-17-11-9-15-29(31)30-16-10-12-18-32(30)37/h6-22,24-25,34,36-37H,23H2,1-5H3,(H,43,44)(H,45,48)/t25-,34+,36-/m0/s1. The fraction of sp³-hybridized carbons (Fsp3) is 0.268. The van der Waals surface area contributed by atoms with Gasteiger partial charge in [-0.05, 0) is 88.9 Å². The molecule has 51 heavy (non-hydrogen) atoms. The van der Waals surface area contributed by atoms with E-state index in [0.717, 1.165) is 42.6 Å². The van der Waals surface area contributed by atoms with E-state index in [9.17, 15) is 14.4 Å². The number of carbonyl (C=O) groups excluding carboxylic acids is 3. The Morgan fingerprint density at radius 2 is 1.47 bits per heavy atom. The second-order valence-electron chi connectivity index (χ2n) is 13.6. The Hall–Kier alpha value is -4.97. The minimum Gasteiger partial charge on any atom is -0.460 e. The molecule has 4 aromatic carbocycles. The molecule has 0 fully saturated rings. The average molecular weight is 797 g/mol. The summed E-state index contributed by atoms with van der Waals surface area (Å²) in [6.07, 6.45) is 0.596. The Kier molecular flexibility index (Phi) is 10.6. The molecule has 0 saturated heterocycles. The summed E-state index contributed by atoms with van der Waals surface area (Å²) in [4.78, 5) is 52.0. The summed E-state index contributed by atoms with van der Waals surface area (Å²) in [6, 6.07) is 30.7. The first-order valence-corrected chi connectivity index (χ1v) is 18.0. The number of methoxy groups -OCH3 is 1. The molecule has 2 N–H and O–H groups in total. The van der Waals surface area contributed by atoms with Crippen LogP contribution in [0.3, 0.4) is 0 Å². The molecule has 10 heteroatoms. The zero-order valence-corrected chi connectivity index (χ0v) is 31.4. The molecule has 3 atom stereocenters. The number of ether oxygens (including phenoxy) is 2. The Labute approximate surface area is 311 Å². The highest BCUT2D eigenvalue weighted by Crippen LogP contribution is 2.47. The van der Waals surface area contributed by atoms with Crippen molar-refractivity contribution in [3.05, 3.63) is 135 Å². The zero-order valence-electron chi connectivity index (χ0n) is 29.2. The SMILES string of the molecule is COC(=O)N(C1c2ccccc2-c2ccccc21)[C@H](CC(=O)OC(C)(C)C)C(=O)N[C@H](c1ncc(-c2ccc(I)cc2)[nH]1)[C@@H](C)c1ccccc1. The molecule has 6 rings (SSSR count). The number of hydrogen-bond donors (Lipinski definition) is 2. The van der Waals surface area contributed by atoms with Crippen LogP contribution in [0.1, 0.15) is 74.6 Å². The van der Waals surface area contributed by atoms with Gasteiger partial charge in [-0.2, -0.15) is 0 Å². The number of nitrogens with zero attached hydrogens (tertiary/aromatic N) is 2. The number of H-pyrrole nitrogens is 1. The van der Waals surface area contributed by atoms with E-state index >= 15 is 0 Å². The van der Waals surface area contributed by atoms with E-state index in [-0.39, 0.29) is 5.92 Å². The second-order valence-corrected chi connectivity index (χ2v) is 14.9. The number of hydrogen-bond acceptors (Lipinski definition) is 6. The Morgan fingerprint density at radius 1 is 0.882 bits per heavy atom. The predicted octanol–water partition coefficient (Wildman–Crippen LogP) is 8.58. The highest BCUT2D eigenvalue weighted by atomic mass is 127. The molecule has 0 bridgehead atoms. The molecule has 1 aliphatic carbocycles. The van der Waals surface area contributed by atoms with Crippen LogP contribution in [-0.2, 0) is 19.1 Å². The van der Waals surface area contributed by atoms with Crippen LogP contribution in [0.5, 0.6) is 0 Å². The fourth-order valence-electron chi connectivity index (χ4n) is 6.70. The minimum absolute atomic E-state index is 0.257. The van der Waals surface area contributed by atoms with Crippen molar-refractivity contribution in [2.75, 3.05) is 7.11 Å². The van der Waals surface area contributed by atoms with Crippen LogP contribution in [0.25, 0.3) is 22.4 Å². The number of esters is 1. The van der Waals surface area contributed by atoms with Crippen molar-refractivity contribution in [2.24, 2.45) is 0 Å². The third-order valence-corrected chi connectivity index (χ3v) is 9.77. The van der Waals surface area contributed by atoms with Gasteiger partial charge in [0.25, 0.3) is 0 Å². The molecule has 1 heterocycles. The number of aromatic nitrogens is 2. The maximum Gasteiger partial charge on any atom is 0.410 e. The van der Waals surface area contributed by atoms with E-state index in [4.69, 9.17) is 14.5 Å². The lowest BCUT2D eigenvalue weighted by atomic mass is 9.92. The number of fused-ring (bicyclic) bond motifs is 3. The molecule has 0 unspecified atom stereocenters. The normalized spacial score (nSPS) is 14.1. The fourth-order valence-corrected chi connectivity index (χ4v) is 7.06. The number of benzene rings is 4. The Morgan fingerprint density at radius 3 is 2.06 bits per heavy atom. The molecule has 5 aromatic rings. The number of aromatic amines is 1. The van der Waals surface area contributed by atoms with Gasteiger partial charge in [-0.15, -0.1) is 0 Å². The van der Waals surface area contributed by atoms with E-state index in [1.54, 1.807) is 27.0 Å². The highest BCUT2D eigenvalue weighted by Gasteiger charge is 2.44. The van der Waals surface area contributed by atoms with Gasteiger partial charge in [0.05, 0.1) is 37.5 Å². The van der Waals surface area contributed by atoms with E-state index in [0.29, 0.717) is 5.82 Å².